The van der Waals surface area contributed by atoms with Crippen LogP contribution in [0.1, 0.15) is 24.5 Å². The molecule has 0 atom stereocenters. The van der Waals surface area contributed by atoms with Gasteiger partial charge >= 0.3 is 0 Å². The van der Waals surface area contributed by atoms with Crippen LogP contribution in [0.4, 0.5) is 5.69 Å². The normalized spacial score (nSPS) is 10.2. The smallest absolute Gasteiger partial charge is 0.119 e. The minimum atomic E-state index is 0.774. The number of nitrogens with one attached hydrogen (secondary N) is 1. The fourth-order valence-electron chi connectivity index (χ4n) is 1.80. The Bertz CT molecular complexity index is 488. The largest absolute Gasteiger partial charge is 0.494 e. The minimum absolute atomic E-state index is 0.774. The third-order valence-corrected chi connectivity index (χ3v) is 2.94. The molecule has 0 saturated heterocycles. The van der Waals surface area contributed by atoms with Gasteiger partial charge in [-0.15, -0.1) is 0 Å². The summed E-state index contributed by atoms with van der Waals surface area (Å²) in [6, 6.07) is 16.7. The first-order valence-electron chi connectivity index (χ1n) is 6.80. The van der Waals surface area contributed by atoms with E-state index in [1.165, 1.54) is 11.1 Å². The van der Waals surface area contributed by atoms with Crippen LogP contribution >= 0.6 is 0 Å². The van der Waals surface area contributed by atoms with Crippen molar-refractivity contribution in [2.75, 3.05) is 11.9 Å². The molecule has 0 amide bonds. The number of hydrogen-bond acceptors (Lipinski definition) is 2. The van der Waals surface area contributed by atoms with E-state index in [1.54, 1.807) is 0 Å². The molecule has 0 spiro atoms. The second kappa shape index (κ2) is 6.83. The van der Waals surface area contributed by atoms with Gasteiger partial charge in [-0.2, -0.15) is 0 Å². The highest BCUT2D eigenvalue weighted by molar-refractivity contribution is 5.46. The summed E-state index contributed by atoms with van der Waals surface area (Å²) in [4.78, 5) is 0. The van der Waals surface area contributed by atoms with Gasteiger partial charge in [0, 0.05) is 12.2 Å². The van der Waals surface area contributed by atoms with Gasteiger partial charge in [0.2, 0.25) is 0 Å². The van der Waals surface area contributed by atoms with Crippen LogP contribution in [0, 0.1) is 6.92 Å². The summed E-state index contributed by atoms with van der Waals surface area (Å²) in [7, 11) is 0. The summed E-state index contributed by atoms with van der Waals surface area (Å²) in [5.41, 5.74) is 3.70. The Morgan fingerprint density at radius 2 is 1.63 bits per heavy atom. The molecular formula is C17H21NO. The van der Waals surface area contributed by atoms with Gasteiger partial charge in [-0.1, -0.05) is 36.8 Å². The number of rotatable bonds is 6. The van der Waals surface area contributed by atoms with Crippen molar-refractivity contribution in [2.24, 2.45) is 0 Å². The Hall–Kier alpha value is -1.96. The summed E-state index contributed by atoms with van der Waals surface area (Å²) < 4.78 is 5.56. The average molecular weight is 255 g/mol. The van der Waals surface area contributed by atoms with Crippen molar-refractivity contribution in [3.05, 3.63) is 59.7 Å². The summed E-state index contributed by atoms with van der Waals surface area (Å²) in [6.07, 6.45) is 1.04. The molecule has 2 nitrogen and oxygen atoms in total. The number of hydrogen-bond donors (Lipinski definition) is 1. The van der Waals surface area contributed by atoms with Crippen LogP contribution in [-0.2, 0) is 6.54 Å². The first kappa shape index (κ1) is 13.5. The second-order valence-electron chi connectivity index (χ2n) is 4.71. The molecule has 0 aliphatic rings. The van der Waals surface area contributed by atoms with E-state index in [0.717, 1.165) is 31.0 Å². The molecule has 2 rings (SSSR count). The molecule has 0 heterocycles. The van der Waals surface area contributed by atoms with Gasteiger partial charge in [0.1, 0.15) is 5.75 Å². The number of ether oxygens (including phenoxy) is 1. The summed E-state index contributed by atoms with van der Waals surface area (Å²) in [5, 5.41) is 3.41. The molecule has 0 radical (unpaired) electrons. The van der Waals surface area contributed by atoms with E-state index in [-0.39, 0.29) is 0 Å². The van der Waals surface area contributed by atoms with Crippen LogP contribution in [0.25, 0.3) is 0 Å². The van der Waals surface area contributed by atoms with Gasteiger partial charge in [-0.3, -0.25) is 0 Å². The summed E-state index contributed by atoms with van der Waals surface area (Å²) in [5.74, 6) is 0.933. The highest BCUT2D eigenvalue weighted by atomic mass is 16.5. The highest BCUT2D eigenvalue weighted by Crippen LogP contribution is 2.16. The SMILES string of the molecule is CCCOc1ccc(NCc2ccc(C)cc2)cc1. The number of anilines is 1. The van der Waals surface area contributed by atoms with Gasteiger partial charge in [0.05, 0.1) is 6.61 Å². The van der Waals surface area contributed by atoms with Crippen molar-refractivity contribution in [3.63, 3.8) is 0 Å². The summed E-state index contributed by atoms with van der Waals surface area (Å²) in [6.45, 7) is 5.83. The van der Waals surface area contributed by atoms with Crippen LogP contribution in [0.3, 0.4) is 0 Å². The van der Waals surface area contributed by atoms with Crippen LogP contribution in [0.5, 0.6) is 5.75 Å². The van der Waals surface area contributed by atoms with Crippen molar-refractivity contribution in [2.45, 2.75) is 26.8 Å². The molecule has 0 bridgehead atoms. The van der Waals surface area contributed by atoms with Crippen molar-refractivity contribution in [1.29, 1.82) is 0 Å². The molecule has 100 valence electrons. The average Bonchev–Trinajstić information content (AvgIpc) is 2.46. The molecule has 0 aromatic heterocycles. The van der Waals surface area contributed by atoms with Gasteiger partial charge in [-0.25, -0.2) is 0 Å². The summed E-state index contributed by atoms with van der Waals surface area (Å²) >= 11 is 0. The van der Waals surface area contributed by atoms with Crippen molar-refractivity contribution in [3.8, 4) is 5.75 Å². The first-order valence-corrected chi connectivity index (χ1v) is 6.80. The van der Waals surface area contributed by atoms with Crippen LogP contribution < -0.4 is 10.1 Å². The molecule has 2 heteroatoms. The van der Waals surface area contributed by atoms with E-state index in [0.29, 0.717) is 0 Å². The molecule has 0 aliphatic heterocycles. The van der Waals surface area contributed by atoms with Gasteiger partial charge in [0.25, 0.3) is 0 Å². The molecule has 19 heavy (non-hydrogen) atoms. The lowest BCUT2D eigenvalue weighted by atomic mass is 10.1. The number of benzene rings is 2. The maximum atomic E-state index is 5.56. The van der Waals surface area contributed by atoms with Crippen molar-refractivity contribution >= 4 is 5.69 Å². The number of aryl methyl sites for hydroxylation is 1. The Morgan fingerprint density at radius 3 is 2.26 bits per heavy atom. The Kier molecular flexibility index (Phi) is 4.85. The maximum absolute atomic E-state index is 5.56. The molecule has 0 aliphatic carbocycles. The third-order valence-electron chi connectivity index (χ3n) is 2.94. The topological polar surface area (TPSA) is 21.3 Å². The lowest BCUT2D eigenvalue weighted by molar-refractivity contribution is 0.317. The van der Waals surface area contributed by atoms with Crippen LogP contribution in [-0.4, -0.2) is 6.61 Å². The molecule has 0 unspecified atom stereocenters. The van der Waals surface area contributed by atoms with E-state index in [4.69, 9.17) is 4.74 Å². The molecule has 2 aromatic carbocycles. The lowest BCUT2D eigenvalue weighted by Gasteiger charge is -2.08. The van der Waals surface area contributed by atoms with Crippen LogP contribution in [0.15, 0.2) is 48.5 Å². The Balaban J connectivity index is 1.87. The van der Waals surface area contributed by atoms with Gasteiger partial charge in [0.15, 0.2) is 0 Å². The molecule has 2 aromatic rings. The standard InChI is InChI=1S/C17H21NO/c1-3-12-19-17-10-8-16(9-11-17)18-13-15-6-4-14(2)5-7-15/h4-11,18H,3,12-13H2,1-2H3. The van der Waals surface area contributed by atoms with E-state index < -0.39 is 0 Å². The first-order chi connectivity index (χ1) is 9.28. The minimum Gasteiger partial charge on any atom is -0.494 e. The zero-order chi connectivity index (χ0) is 13.5. The van der Waals surface area contributed by atoms with Crippen molar-refractivity contribution in [1.82, 2.24) is 0 Å². The van der Waals surface area contributed by atoms with Gasteiger partial charge in [-0.05, 0) is 43.2 Å². The van der Waals surface area contributed by atoms with E-state index >= 15 is 0 Å². The highest BCUT2D eigenvalue weighted by Gasteiger charge is 1.96. The fraction of sp³-hybridized carbons (Fsp3) is 0.294. The van der Waals surface area contributed by atoms with Gasteiger partial charge < -0.3 is 10.1 Å². The van der Waals surface area contributed by atoms with E-state index in [1.807, 2.05) is 12.1 Å². The van der Waals surface area contributed by atoms with Crippen LogP contribution in [0.2, 0.25) is 0 Å². The Morgan fingerprint density at radius 1 is 0.947 bits per heavy atom. The zero-order valence-electron chi connectivity index (χ0n) is 11.6. The fourth-order valence-corrected chi connectivity index (χ4v) is 1.80. The zero-order valence-corrected chi connectivity index (χ0v) is 11.6. The second-order valence-corrected chi connectivity index (χ2v) is 4.71. The third kappa shape index (κ3) is 4.32. The molecule has 0 fully saturated rings. The molecule has 0 saturated carbocycles. The monoisotopic (exact) mass is 255 g/mol. The predicted molar refractivity (Wildman–Crippen MR) is 80.7 cm³/mol. The quantitative estimate of drug-likeness (QED) is 0.826. The predicted octanol–water partition coefficient (Wildman–Crippen LogP) is 4.40. The maximum Gasteiger partial charge on any atom is 0.119 e. The lowest BCUT2D eigenvalue weighted by Crippen LogP contribution is -1.99. The van der Waals surface area contributed by atoms with E-state index in [2.05, 4.69) is 55.6 Å². The van der Waals surface area contributed by atoms with E-state index in [9.17, 15) is 0 Å². The Labute approximate surface area is 115 Å². The molecule has 1 N–H and O–H groups in total. The molecular weight excluding hydrogens is 234 g/mol. The van der Waals surface area contributed by atoms with Crippen molar-refractivity contribution < 1.29 is 4.74 Å².